The van der Waals surface area contributed by atoms with Crippen molar-refractivity contribution >= 4 is 29.1 Å². The molecule has 1 aromatic carbocycles. The van der Waals surface area contributed by atoms with Crippen LogP contribution in [0.1, 0.15) is 15.9 Å². The van der Waals surface area contributed by atoms with Gasteiger partial charge in [-0.3, -0.25) is 4.79 Å². The first kappa shape index (κ1) is 15.6. The first-order valence-corrected chi connectivity index (χ1v) is 7.08. The molecule has 0 bridgehead atoms. The maximum atomic E-state index is 12.0. The Morgan fingerprint density at radius 3 is 2.81 bits per heavy atom. The molecule has 2 rings (SSSR count). The maximum Gasteiger partial charge on any atom is 0.252 e. The molecule has 1 N–H and O–H groups in total. The second kappa shape index (κ2) is 7.29. The highest BCUT2D eigenvalue weighted by Gasteiger charge is 2.09. The van der Waals surface area contributed by atoms with E-state index in [2.05, 4.69) is 10.3 Å². The Labute approximate surface area is 133 Å². The highest BCUT2D eigenvalue weighted by molar-refractivity contribution is 6.41. The van der Waals surface area contributed by atoms with Crippen molar-refractivity contribution < 1.29 is 9.53 Å². The summed E-state index contributed by atoms with van der Waals surface area (Å²) in [4.78, 5) is 15.8. The van der Waals surface area contributed by atoms with Gasteiger partial charge in [0.25, 0.3) is 5.91 Å². The van der Waals surface area contributed by atoms with Gasteiger partial charge in [-0.2, -0.15) is 0 Å². The van der Waals surface area contributed by atoms with E-state index >= 15 is 0 Å². The minimum Gasteiger partial charge on any atom is -0.496 e. The van der Waals surface area contributed by atoms with Crippen molar-refractivity contribution in [3.63, 3.8) is 0 Å². The molecule has 0 radical (unpaired) electrons. The molecular weight excluding hydrogens is 311 g/mol. The fraction of sp³-hybridized carbons (Fsp3) is 0.200. The lowest BCUT2D eigenvalue weighted by molar-refractivity contribution is 0.0953. The summed E-state index contributed by atoms with van der Waals surface area (Å²) in [5.74, 6) is 0.568. The number of pyridine rings is 1. The summed E-state index contributed by atoms with van der Waals surface area (Å²) in [5.41, 5.74) is 1.41. The van der Waals surface area contributed by atoms with Crippen LogP contribution in [0.4, 0.5) is 0 Å². The Hall–Kier alpha value is -1.78. The number of halogens is 2. The number of carbonyl (C=O) groups excluding carboxylic acids is 1. The molecule has 0 spiro atoms. The van der Waals surface area contributed by atoms with Gasteiger partial charge in [0.05, 0.1) is 17.7 Å². The van der Waals surface area contributed by atoms with Gasteiger partial charge >= 0.3 is 0 Å². The second-order valence-electron chi connectivity index (χ2n) is 4.31. The number of benzene rings is 1. The van der Waals surface area contributed by atoms with Gasteiger partial charge in [-0.25, -0.2) is 4.98 Å². The van der Waals surface area contributed by atoms with Crippen LogP contribution in [-0.2, 0) is 6.42 Å². The molecule has 4 nitrogen and oxygen atoms in total. The third kappa shape index (κ3) is 4.09. The second-order valence-corrected chi connectivity index (χ2v) is 5.08. The predicted molar refractivity (Wildman–Crippen MR) is 83.3 cm³/mol. The molecular formula is C15H14Cl2N2O2. The molecule has 1 heterocycles. The van der Waals surface area contributed by atoms with Crippen molar-refractivity contribution in [3.8, 4) is 5.75 Å². The average molecular weight is 325 g/mol. The standard InChI is InChI=1S/C15H14Cl2N2O2/c1-21-13-5-3-2-4-10(13)6-7-18-15(20)11-8-12(16)14(17)19-9-11/h2-5,8-9H,6-7H2,1H3,(H,18,20). The molecule has 6 heteroatoms. The molecule has 2 aromatic rings. The van der Waals surface area contributed by atoms with E-state index in [-0.39, 0.29) is 16.1 Å². The fourth-order valence-corrected chi connectivity index (χ4v) is 2.14. The summed E-state index contributed by atoms with van der Waals surface area (Å²) < 4.78 is 5.26. The minimum absolute atomic E-state index is 0.183. The quantitative estimate of drug-likeness (QED) is 0.858. The predicted octanol–water partition coefficient (Wildman–Crippen LogP) is 3.37. The van der Waals surface area contributed by atoms with Crippen molar-refractivity contribution in [2.45, 2.75) is 6.42 Å². The van der Waals surface area contributed by atoms with E-state index in [1.807, 2.05) is 24.3 Å². The number of carbonyl (C=O) groups is 1. The van der Waals surface area contributed by atoms with E-state index in [4.69, 9.17) is 27.9 Å². The molecule has 0 fully saturated rings. The van der Waals surface area contributed by atoms with Crippen LogP contribution in [0.2, 0.25) is 10.2 Å². The number of rotatable bonds is 5. The largest absolute Gasteiger partial charge is 0.496 e. The van der Waals surface area contributed by atoms with Gasteiger partial charge < -0.3 is 10.1 Å². The highest BCUT2D eigenvalue weighted by atomic mass is 35.5. The van der Waals surface area contributed by atoms with Gasteiger partial charge in [0, 0.05) is 12.7 Å². The first-order chi connectivity index (χ1) is 10.1. The number of nitrogens with zero attached hydrogens (tertiary/aromatic N) is 1. The number of hydrogen-bond acceptors (Lipinski definition) is 3. The summed E-state index contributed by atoms with van der Waals surface area (Å²) in [7, 11) is 1.62. The molecule has 0 saturated heterocycles. The Balaban J connectivity index is 1.93. The Morgan fingerprint density at radius 1 is 1.33 bits per heavy atom. The van der Waals surface area contributed by atoms with Crippen molar-refractivity contribution in [3.05, 3.63) is 57.8 Å². The summed E-state index contributed by atoms with van der Waals surface area (Å²) in [5, 5.41) is 3.25. The maximum absolute atomic E-state index is 12.0. The van der Waals surface area contributed by atoms with E-state index in [1.54, 1.807) is 7.11 Å². The SMILES string of the molecule is COc1ccccc1CCNC(=O)c1cnc(Cl)c(Cl)c1. The van der Waals surface area contributed by atoms with E-state index in [1.165, 1.54) is 12.3 Å². The molecule has 110 valence electrons. The number of aromatic nitrogens is 1. The minimum atomic E-state index is -0.240. The zero-order valence-corrected chi connectivity index (χ0v) is 12.9. The lowest BCUT2D eigenvalue weighted by Crippen LogP contribution is -2.25. The lowest BCUT2D eigenvalue weighted by Gasteiger charge is -2.09. The number of nitrogens with one attached hydrogen (secondary N) is 1. The molecule has 0 unspecified atom stereocenters. The third-order valence-corrected chi connectivity index (χ3v) is 3.62. The van der Waals surface area contributed by atoms with Gasteiger partial charge in [0.15, 0.2) is 0 Å². The highest BCUT2D eigenvalue weighted by Crippen LogP contribution is 2.20. The van der Waals surface area contributed by atoms with Crippen LogP contribution < -0.4 is 10.1 Å². The molecule has 0 aliphatic heterocycles. The number of para-hydroxylation sites is 1. The topological polar surface area (TPSA) is 51.2 Å². The van der Waals surface area contributed by atoms with Gasteiger partial charge in [0.1, 0.15) is 10.9 Å². The van der Waals surface area contributed by atoms with E-state index in [0.717, 1.165) is 11.3 Å². The zero-order chi connectivity index (χ0) is 15.2. The van der Waals surface area contributed by atoms with Crippen LogP contribution in [0.25, 0.3) is 0 Å². The zero-order valence-electron chi connectivity index (χ0n) is 11.4. The lowest BCUT2D eigenvalue weighted by atomic mass is 10.1. The summed E-state index contributed by atoms with van der Waals surface area (Å²) in [6.45, 7) is 0.486. The van der Waals surface area contributed by atoms with Crippen LogP contribution in [-0.4, -0.2) is 24.5 Å². The van der Waals surface area contributed by atoms with Crippen molar-refractivity contribution in [1.29, 1.82) is 0 Å². The smallest absolute Gasteiger partial charge is 0.252 e. The van der Waals surface area contributed by atoms with Gasteiger partial charge in [-0.15, -0.1) is 0 Å². The van der Waals surface area contributed by atoms with Gasteiger partial charge in [0.2, 0.25) is 0 Å². The normalized spacial score (nSPS) is 10.2. The summed E-state index contributed by atoms with van der Waals surface area (Å²) in [6, 6.07) is 9.19. The Morgan fingerprint density at radius 2 is 2.10 bits per heavy atom. The van der Waals surface area contributed by atoms with Crippen LogP contribution in [0.3, 0.4) is 0 Å². The number of amides is 1. The molecule has 0 saturated carbocycles. The van der Waals surface area contributed by atoms with E-state index in [0.29, 0.717) is 18.5 Å². The monoisotopic (exact) mass is 324 g/mol. The number of ether oxygens (including phenoxy) is 1. The molecule has 1 aromatic heterocycles. The number of hydrogen-bond donors (Lipinski definition) is 1. The van der Waals surface area contributed by atoms with Crippen LogP contribution in [0, 0.1) is 0 Å². The van der Waals surface area contributed by atoms with Crippen LogP contribution in [0.5, 0.6) is 5.75 Å². The first-order valence-electron chi connectivity index (χ1n) is 6.33. The van der Waals surface area contributed by atoms with Crippen LogP contribution in [0.15, 0.2) is 36.5 Å². The molecule has 0 atom stereocenters. The molecule has 21 heavy (non-hydrogen) atoms. The molecule has 1 amide bonds. The average Bonchev–Trinajstić information content (AvgIpc) is 2.50. The van der Waals surface area contributed by atoms with Gasteiger partial charge in [-0.05, 0) is 24.1 Å². The van der Waals surface area contributed by atoms with Crippen molar-refractivity contribution in [1.82, 2.24) is 10.3 Å². The summed E-state index contributed by atoms with van der Waals surface area (Å²) >= 11 is 11.6. The Kier molecular flexibility index (Phi) is 5.42. The number of methoxy groups -OCH3 is 1. The van der Waals surface area contributed by atoms with E-state index < -0.39 is 0 Å². The van der Waals surface area contributed by atoms with Crippen molar-refractivity contribution in [2.24, 2.45) is 0 Å². The molecule has 0 aliphatic rings. The fourth-order valence-electron chi connectivity index (χ4n) is 1.87. The van der Waals surface area contributed by atoms with E-state index in [9.17, 15) is 4.79 Å². The molecule has 0 aliphatic carbocycles. The van der Waals surface area contributed by atoms with Crippen LogP contribution >= 0.6 is 23.2 Å². The van der Waals surface area contributed by atoms with Gasteiger partial charge in [-0.1, -0.05) is 41.4 Å². The Bertz CT molecular complexity index is 647. The summed E-state index contributed by atoms with van der Waals surface area (Å²) in [6.07, 6.45) is 2.07. The third-order valence-electron chi connectivity index (χ3n) is 2.93. The van der Waals surface area contributed by atoms with Crippen molar-refractivity contribution in [2.75, 3.05) is 13.7 Å².